The normalized spacial score (nSPS) is 11.2. The van der Waals surface area contributed by atoms with E-state index in [2.05, 4.69) is 45.2 Å². The zero-order valence-electron chi connectivity index (χ0n) is 14.6. The Morgan fingerprint density at radius 1 is 1.00 bits per heavy atom. The van der Waals surface area contributed by atoms with Crippen molar-refractivity contribution in [2.75, 3.05) is 5.32 Å². The number of nitrogens with zero attached hydrogens (tertiary/aromatic N) is 3. The van der Waals surface area contributed by atoms with Gasteiger partial charge in [0.1, 0.15) is 0 Å². The van der Waals surface area contributed by atoms with Crippen LogP contribution in [-0.4, -0.2) is 19.9 Å². The summed E-state index contributed by atoms with van der Waals surface area (Å²) in [4.78, 5) is 27.9. The van der Waals surface area contributed by atoms with Crippen LogP contribution in [0.2, 0.25) is 0 Å². The number of hydrogen-bond acceptors (Lipinski definition) is 5. The van der Waals surface area contributed by atoms with Crippen LogP contribution in [0.3, 0.4) is 0 Å². The Kier molecular flexibility index (Phi) is 4.05. The third-order valence-corrected chi connectivity index (χ3v) is 4.08. The summed E-state index contributed by atoms with van der Waals surface area (Å²) in [7, 11) is 0. The van der Waals surface area contributed by atoms with Crippen LogP contribution >= 0.6 is 0 Å². The lowest BCUT2D eigenvalue weighted by Crippen LogP contribution is -2.13. The Hall–Kier alpha value is -2.76. The van der Waals surface area contributed by atoms with Crippen molar-refractivity contribution < 1.29 is 0 Å². The quantitative estimate of drug-likeness (QED) is 0.770. The summed E-state index contributed by atoms with van der Waals surface area (Å²) in [5, 5.41) is 4.05. The van der Waals surface area contributed by atoms with Crippen LogP contribution in [-0.2, 0) is 0 Å². The number of nitrogens with one attached hydrogen (secondary N) is 2. The minimum Gasteiger partial charge on any atom is -0.294 e. The van der Waals surface area contributed by atoms with E-state index >= 15 is 0 Å². The highest BCUT2D eigenvalue weighted by molar-refractivity contribution is 5.83. The van der Waals surface area contributed by atoms with E-state index in [0.717, 1.165) is 22.3 Å². The molecule has 0 fully saturated rings. The second-order valence-corrected chi connectivity index (χ2v) is 6.38. The maximum Gasteiger partial charge on any atom is 0.252 e. The van der Waals surface area contributed by atoms with Crippen LogP contribution in [0.25, 0.3) is 10.9 Å². The fraction of sp³-hybridized carbons (Fsp3) is 0.333. The Morgan fingerprint density at radius 2 is 1.71 bits per heavy atom. The van der Waals surface area contributed by atoms with E-state index in [1.807, 2.05) is 26.8 Å². The highest BCUT2D eigenvalue weighted by Crippen LogP contribution is 2.22. The first-order valence-electron chi connectivity index (χ1n) is 7.97. The molecule has 0 atom stereocenters. The predicted octanol–water partition coefficient (Wildman–Crippen LogP) is 3.51. The molecule has 0 unspecified atom stereocenters. The molecule has 3 rings (SSSR count). The molecule has 0 spiro atoms. The summed E-state index contributed by atoms with van der Waals surface area (Å²) in [6.45, 7) is 10.1. The predicted molar refractivity (Wildman–Crippen MR) is 96.0 cm³/mol. The summed E-state index contributed by atoms with van der Waals surface area (Å²) in [5.41, 5.74) is 4.68. The lowest BCUT2D eigenvalue weighted by atomic mass is 10.1. The highest BCUT2D eigenvalue weighted by atomic mass is 16.1. The van der Waals surface area contributed by atoms with E-state index in [9.17, 15) is 4.79 Å². The van der Waals surface area contributed by atoms with Gasteiger partial charge in [-0.3, -0.25) is 15.1 Å². The lowest BCUT2D eigenvalue weighted by molar-refractivity contribution is 0.811. The Morgan fingerprint density at radius 3 is 2.42 bits per heavy atom. The molecule has 1 aromatic carbocycles. The van der Waals surface area contributed by atoms with Crippen LogP contribution < -0.4 is 10.9 Å². The van der Waals surface area contributed by atoms with Crippen LogP contribution in [0.4, 0.5) is 11.9 Å². The zero-order chi connectivity index (χ0) is 17.4. The molecule has 124 valence electrons. The van der Waals surface area contributed by atoms with Crippen molar-refractivity contribution in [1.82, 2.24) is 19.9 Å². The van der Waals surface area contributed by atoms with Crippen molar-refractivity contribution in [3.63, 3.8) is 0 Å². The van der Waals surface area contributed by atoms with Gasteiger partial charge in [0, 0.05) is 11.5 Å². The monoisotopic (exact) mass is 323 g/mol. The van der Waals surface area contributed by atoms with E-state index in [1.54, 1.807) is 0 Å². The summed E-state index contributed by atoms with van der Waals surface area (Å²) >= 11 is 0. The highest BCUT2D eigenvalue weighted by Gasteiger charge is 2.09. The van der Waals surface area contributed by atoms with Crippen LogP contribution in [0.5, 0.6) is 0 Å². The Labute approximate surface area is 140 Å². The van der Waals surface area contributed by atoms with Crippen molar-refractivity contribution in [3.8, 4) is 0 Å². The number of anilines is 2. The van der Waals surface area contributed by atoms with Gasteiger partial charge in [0.2, 0.25) is 11.9 Å². The molecule has 3 aromatic rings. The van der Waals surface area contributed by atoms with Gasteiger partial charge in [-0.15, -0.1) is 0 Å². The van der Waals surface area contributed by atoms with E-state index in [1.165, 1.54) is 17.2 Å². The van der Waals surface area contributed by atoms with Gasteiger partial charge < -0.3 is 0 Å². The minimum absolute atomic E-state index is 0.165. The Balaban J connectivity index is 2.05. The molecule has 2 heterocycles. The molecule has 0 amide bonds. The zero-order valence-corrected chi connectivity index (χ0v) is 14.6. The van der Waals surface area contributed by atoms with Crippen molar-refractivity contribution in [1.29, 1.82) is 0 Å². The molecular weight excluding hydrogens is 302 g/mol. The number of benzene rings is 1. The molecule has 6 nitrogen and oxygen atoms in total. The number of H-pyrrole nitrogens is 1. The standard InChI is InChI=1S/C18H21N5O/c1-9(2)14-8-16(24)22-18(20-14)23-17-19-12(5)13-6-10(3)11(4)7-15(13)21-17/h6-9H,1-5H3,(H2,19,20,21,22,23,24). The molecule has 0 bridgehead atoms. The second kappa shape index (κ2) is 6.03. The number of aromatic nitrogens is 4. The van der Waals surface area contributed by atoms with Gasteiger partial charge in [0.15, 0.2) is 0 Å². The van der Waals surface area contributed by atoms with Gasteiger partial charge >= 0.3 is 0 Å². The topological polar surface area (TPSA) is 83.6 Å². The second-order valence-electron chi connectivity index (χ2n) is 6.38. The molecule has 0 aliphatic rings. The summed E-state index contributed by atoms with van der Waals surface area (Å²) in [5.74, 6) is 0.943. The van der Waals surface area contributed by atoms with Crippen molar-refractivity contribution in [2.24, 2.45) is 0 Å². The van der Waals surface area contributed by atoms with Crippen LogP contribution in [0.1, 0.15) is 42.3 Å². The molecule has 2 N–H and O–H groups in total. The maximum atomic E-state index is 11.8. The molecule has 24 heavy (non-hydrogen) atoms. The van der Waals surface area contributed by atoms with Gasteiger partial charge in [-0.25, -0.2) is 15.0 Å². The average molecular weight is 323 g/mol. The minimum atomic E-state index is -0.194. The van der Waals surface area contributed by atoms with Crippen molar-refractivity contribution >= 4 is 22.8 Å². The lowest BCUT2D eigenvalue weighted by Gasteiger charge is -2.10. The summed E-state index contributed by atoms with van der Waals surface area (Å²) in [6.07, 6.45) is 0. The van der Waals surface area contributed by atoms with Crippen LogP contribution in [0, 0.1) is 20.8 Å². The number of hydrogen-bond donors (Lipinski definition) is 2. The number of aryl methyl sites for hydroxylation is 3. The third-order valence-electron chi connectivity index (χ3n) is 4.08. The summed E-state index contributed by atoms with van der Waals surface area (Å²) in [6, 6.07) is 5.66. The number of fused-ring (bicyclic) bond motifs is 1. The molecule has 0 radical (unpaired) electrons. The molecule has 0 aliphatic carbocycles. The fourth-order valence-electron chi connectivity index (χ4n) is 2.53. The fourth-order valence-corrected chi connectivity index (χ4v) is 2.53. The van der Waals surface area contributed by atoms with E-state index in [4.69, 9.17) is 0 Å². The third kappa shape index (κ3) is 3.13. The number of aromatic amines is 1. The van der Waals surface area contributed by atoms with Crippen molar-refractivity contribution in [2.45, 2.75) is 40.5 Å². The Bertz CT molecular complexity index is 975. The molecule has 0 aliphatic heterocycles. The first-order valence-corrected chi connectivity index (χ1v) is 7.97. The smallest absolute Gasteiger partial charge is 0.252 e. The van der Waals surface area contributed by atoms with Crippen molar-refractivity contribution in [3.05, 3.63) is 51.1 Å². The molecule has 2 aromatic heterocycles. The average Bonchev–Trinajstić information content (AvgIpc) is 2.49. The number of rotatable bonds is 3. The van der Waals surface area contributed by atoms with E-state index in [0.29, 0.717) is 11.9 Å². The molecule has 6 heteroatoms. The first kappa shape index (κ1) is 16.1. The van der Waals surface area contributed by atoms with Gasteiger partial charge in [0.05, 0.1) is 16.9 Å². The largest absolute Gasteiger partial charge is 0.294 e. The molecule has 0 saturated carbocycles. The first-order chi connectivity index (χ1) is 11.3. The van der Waals surface area contributed by atoms with Crippen LogP contribution in [0.15, 0.2) is 23.0 Å². The van der Waals surface area contributed by atoms with E-state index < -0.39 is 0 Å². The van der Waals surface area contributed by atoms with Gasteiger partial charge in [-0.2, -0.15) is 0 Å². The van der Waals surface area contributed by atoms with Gasteiger partial charge in [-0.05, 0) is 49.9 Å². The van der Waals surface area contributed by atoms with Gasteiger partial charge in [-0.1, -0.05) is 13.8 Å². The van der Waals surface area contributed by atoms with Gasteiger partial charge in [0.25, 0.3) is 5.56 Å². The maximum absolute atomic E-state index is 11.8. The molecular formula is C18H21N5O. The SMILES string of the molecule is Cc1cc2nc(Nc3nc(C(C)C)cc(=O)[nH]3)nc(C)c2cc1C. The van der Waals surface area contributed by atoms with E-state index in [-0.39, 0.29) is 11.5 Å². The summed E-state index contributed by atoms with van der Waals surface area (Å²) < 4.78 is 0. The molecule has 0 saturated heterocycles.